The van der Waals surface area contributed by atoms with Crippen LogP contribution >= 0.6 is 0 Å². The lowest BCUT2D eigenvalue weighted by atomic mass is 10.2. The lowest BCUT2D eigenvalue weighted by molar-refractivity contribution is -0.0230. The van der Waals surface area contributed by atoms with Gasteiger partial charge < -0.3 is 13.9 Å². The molecule has 1 aromatic heterocycles. The Kier molecular flexibility index (Phi) is 4.06. The van der Waals surface area contributed by atoms with Crippen molar-refractivity contribution in [2.24, 2.45) is 0 Å². The first kappa shape index (κ1) is 12.7. The molecule has 0 aliphatic heterocycles. The SMILES string of the molecule is CCOC(=O)c1ncoc1COC(C)(C)C. The van der Waals surface area contributed by atoms with Gasteiger partial charge in [-0.1, -0.05) is 0 Å². The van der Waals surface area contributed by atoms with Crippen molar-refractivity contribution in [3.8, 4) is 0 Å². The van der Waals surface area contributed by atoms with Gasteiger partial charge in [0.1, 0.15) is 6.61 Å². The number of nitrogens with zero attached hydrogens (tertiary/aromatic N) is 1. The topological polar surface area (TPSA) is 61.6 Å². The molecule has 16 heavy (non-hydrogen) atoms. The average Bonchev–Trinajstić information content (AvgIpc) is 2.61. The third kappa shape index (κ3) is 3.66. The lowest BCUT2D eigenvalue weighted by Crippen LogP contribution is -2.19. The van der Waals surface area contributed by atoms with E-state index in [1.54, 1.807) is 6.92 Å². The van der Waals surface area contributed by atoms with Crippen LogP contribution in [-0.4, -0.2) is 23.2 Å². The number of carbonyl (C=O) groups is 1. The molecule has 0 aliphatic carbocycles. The molecule has 0 aliphatic rings. The predicted molar refractivity (Wildman–Crippen MR) is 57.0 cm³/mol. The summed E-state index contributed by atoms with van der Waals surface area (Å²) in [7, 11) is 0. The van der Waals surface area contributed by atoms with Gasteiger partial charge in [0.2, 0.25) is 0 Å². The van der Waals surface area contributed by atoms with E-state index in [0.717, 1.165) is 0 Å². The fourth-order valence-corrected chi connectivity index (χ4v) is 1.02. The molecule has 1 rings (SSSR count). The zero-order valence-corrected chi connectivity index (χ0v) is 10.1. The average molecular weight is 227 g/mol. The minimum Gasteiger partial charge on any atom is -0.461 e. The zero-order chi connectivity index (χ0) is 12.2. The molecule has 0 unspecified atom stereocenters. The summed E-state index contributed by atoms with van der Waals surface area (Å²) in [5.41, 5.74) is -0.107. The molecule has 0 atom stereocenters. The van der Waals surface area contributed by atoms with E-state index in [1.165, 1.54) is 6.39 Å². The Hall–Kier alpha value is -1.36. The van der Waals surface area contributed by atoms with Gasteiger partial charge >= 0.3 is 5.97 Å². The molecule has 1 heterocycles. The molecule has 5 heteroatoms. The standard InChI is InChI=1S/C11H17NO4/c1-5-14-10(13)9-8(15-7-12-9)6-16-11(2,3)4/h7H,5-6H2,1-4H3. The second kappa shape index (κ2) is 5.12. The van der Waals surface area contributed by atoms with E-state index in [-0.39, 0.29) is 17.9 Å². The molecule has 0 saturated heterocycles. The second-order valence-corrected chi connectivity index (χ2v) is 4.25. The summed E-state index contributed by atoms with van der Waals surface area (Å²) < 4.78 is 15.4. The van der Waals surface area contributed by atoms with Crippen LogP contribution in [0.15, 0.2) is 10.8 Å². The third-order valence-corrected chi connectivity index (χ3v) is 1.75. The van der Waals surface area contributed by atoms with E-state index >= 15 is 0 Å². The fourth-order valence-electron chi connectivity index (χ4n) is 1.02. The first-order chi connectivity index (χ1) is 7.44. The first-order valence-electron chi connectivity index (χ1n) is 5.17. The van der Waals surface area contributed by atoms with Gasteiger partial charge in [0.15, 0.2) is 17.8 Å². The second-order valence-electron chi connectivity index (χ2n) is 4.25. The van der Waals surface area contributed by atoms with Crippen LogP contribution in [0.5, 0.6) is 0 Å². The molecule has 0 aromatic carbocycles. The van der Waals surface area contributed by atoms with Crippen LogP contribution in [0.2, 0.25) is 0 Å². The molecule has 5 nitrogen and oxygen atoms in total. The van der Waals surface area contributed by atoms with Crippen molar-refractivity contribution in [2.45, 2.75) is 39.9 Å². The Morgan fingerprint density at radius 1 is 1.50 bits per heavy atom. The van der Waals surface area contributed by atoms with Crippen molar-refractivity contribution in [3.63, 3.8) is 0 Å². The first-order valence-corrected chi connectivity index (χ1v) is 5.17. The van der Waals surface area contributed by atoms with Crippen LogP contribution in [0.1, 0.15) is 43.9 Å². The molecule has 0 spiro atoms. The molecule has 0 fully saturated rings. The third-order valence-electron chi connectivity index (χ3n) is 1.75. The number of esters is 1. The van der Waals surface area contributed by atoms with Gasteiger partial charge in [-0.25, -0.2) is 9.78 Å². The molecule has 90 valence electrons. The van der Waals surface area contributed by atoms with Crippen LogP contribution in [0, 0.1) is 0 Å². The smallest absolute Gasteiger partial charge is 0.360 e. The van der Waals surface area contributed by atoms with E-state index < -0.39 is 5.97 Å². The Bertz CT molecular complexity index is 351. The van der Waals surface area contributed by atoms with Gasteiger partial charge in [-0.3, -0.25) is 0 Å². The molecule has 0 bridgehead atoms. The van der Waals surface area contributed by atoms with E-state index in [2.05, 4.69) is 4.98 Å². The Morgan fingerprint density at radius 2 is 2.19 bits per heavy atom. The van der Waals surface area contributed by atoms with Crippen LogP contribution in [0.25, 0.3) is 0 Å². The van der Waals surface area contributed by atoms with Gasteiger partial charge in [-0.2, -0.15) is 0 Å². The highest BCUT2D eigenvalue weighted by Crippen LogP contribution is 2.15. The van der Waals surface area contributed by atoms with Crippen molar-refractivity contribution in [3.05, 3.63) is 17.8 Å². The van der Waals surface area contributed by atoms with E-state index in [9.17, 15) is 4.79 Å². The van der Waals surface area contributed by atoms with Crippen LogP contribution in [-0.2, 0) is 16.1 Å². The maximum absolute atomic E-state index is 11.5. The number of rotatable bonds is 4. The minimum absolute atomic E-state index is 0.186. The highest BCUT2D eigenvalue weighted by molar-refractivity contribution is 5.88. The number of aromatic nitrogens is 1. The van der Waals surface area contributed by atoms with E-state index in [0.29, 0.717) is 12.4 Å². The van der Waals surface area contributed by atoms with Gasteiger partial charge in [-0.15, -0.1) is 0 Å². The summed E-state index contributed by atoms with van der Waals surface area (Å²) in [5, 5.41) is 0. The van der Waals surface area contributed by atoms with Gasteiger partial charge in [0.05, 0.1) is 12.2 Å². The summed E-state index contributed by atoms with van der Waals surface area (Å²) in [6, 6.07) is 0. The van der Waals surface area contributed by atoms with Gasteiger partial charge in [0, 0.05) is 0 Å². The Balaban J connectivity index is 2.67. The highest BCUT2D eigenvalue weighted by atomic mass is 16.5. The molecule has 0 radical (unpaired) electrons. The molecule has 0 saturated carbocycles. The summed E-state index contributed by atoms with van der Waals surface area (Å²) in [6.07, 6.45) is 1.22. The minimum atomic E-state index is -0.483. The van der Waals surface area contributed by atoms with E-state index in [1.807, 2.05) is 20.8 Å². The maximum atomic E-state index is 11.5. The number of carbonyl (C=O) groups excluding carboxylic acids is 1. The Morgan fingerprint density at radius 3 is 2.75 bits per heavy atom. The normalized spacial score (nSPS) is 11.5. The van der Waals surface area contributed by atoms with Crippen LogP contribution < -0.4 is 0 Å². The summed E-state index contributed by atoms with van der Waals surface area (Å²) >= 11 is 0. The molecule has 0 N–H and O–H groups in total. The lowest BCUT2D eigenvalue weighted by Gasteiger charge is -2.18. The Labute approximate surface area is 94.8 Å². The quantitative estimate of drug-likeness (QED) is 0.737. The number of ether oxygens (including phenoxy) is 2. The molecular formula is C11H17NO4. The highest BCUT2D eigenvalue weighted by Gasteiger charge is 2.20. The fraction of sp³-hybridized carbons (Fsp3) is 0.636. The summed E-state index contributed by atoms with van der Waals surface area (Å²) in [6.45, 7) is 8.03. The summed E-state index contributed by atoms with van der Waals surface area (Å²) in [5.74, 6) is -0.0860. The number of oxazole rings is 1. The van der Waals surface area contributed by atoms with E-state index in [4.69, 9.17) is 13.9 Å². The summed E-state index contributed by atoms with van der Waals surface area (Å²) in [4.78, 5) is 15.3. The van der Waals surface area contributed by atoms with Crippen molar-refractivity contribution in [2.75, 3.05) is 6.61 Å². The maximum Gasteiger partial charge on any atom is 0.360 e. The number of hydrogen-bond acceptors (Lipinski definition) is 5. The molecule has 0 amide bonds. The van der Waals surface area contributed by atoms with Gasteiger partial charge in [-0.05, 0) is 27.7 Å². The van der Waals surface area contributed by atoms with Crippen LogP contribution in [0.4, 0.5) is 0 Å². The predicted octanol–water partition coefficient (Wildman–Crippen LogP) is 2.17. The molecular weight excluding hydrogens is 210 g/mol. The van der Waals surface area contributed by atoms with Crippen LogP contribution in [0.3, 0.4) is 0 Å². The zero-order valence-electron chi connectivity index (χ0n) is 10.1. The largest absolute Gasteiger partial charge is 0.461 e. The van der Waals surface area contributed by atoms with Crippen molar-refractivity contribution in [1.82, 2.24) is 4.98 Å². The van der Waals surface area contributed by atoms with Crippen molar-refractivity contribution >= 4 is 5.97 Å². The monoisotopic (exact) mass is 227 g/mol. The van der Waals surface area contributed by atoms with Crippen molar-refractivity contribution < 1.29 is 18.7 Å². The van der Waals surface area contributed by atoms with Crippen molar-refractivity contribution in [1.29, 1.82) is 0 Å². The molecule has 1 aromatic rings. The number of hydrogen-bond donors (Lipinski definition) is 0. The van der Waals surface area contributed by atoms with Gasteiger partial charge in [0.25, 0.3) is 0 Å².